The molecule has 0 aromatic heterocycles. The molecule has 7 nitrogen and oxygen atoms in total. The van der Waals surface area contributed by atoms with Crippen LogP contribution in [0.1, 0.15) is 12.5 Å². The highest BCUT2D eigenvalue weighted by Gasteiger charge is 2.14. The average Bonchev–Trinajstić information content (AvgIpc) is 2.55. The molecule has 0 saturated carbocycles. The smallest absolute Gasteiger partial charge is 0.414 e. The number of ether oxygens (including phenoxy) is 1. The third-order valence-corrected chi connectivity index (χ3v) is 2.86. The average molecular weight is 317 g/mol. The van der Waals surface area contributed by atoms with Crippen molar-refractivity contribution in [3.8, 4) is 6.07 Å². The summed E-state index contributed by atoms with van der Waals surface area (Å²) in [4.78, 5) is 22.9. The van der Waals surface area contributed by atoms with Crippen LogP contribution in [-0.4, -0.2) is 36.4 Å². The monoisotopic (exact) mass is 317 g/mol. The topological polar surface area (TPSA) is 111 Å². The Morgan fingerprint density at radius 3 is 2.65 bits per heavy atom. The molecule has 0 unspecified atom stereocenters. The van der Waals surface area contributed by atoms with Gasteiger partial charge in [-0.2, -0.15) is 5.26 Å². The Morgan fingerprint density at radius 2 is 2.09 bits per heavy atom. The van der Waals surface area contributed by atoms with Crippen LogP contribution in [0.3, 0.4) is 0 Å². The zero-order valence-corrected chi connectivity index (χ0v) is 12.8. The highest BCUT2D eigenvalue weighted by Crippen LogP contribution is 2.03. The summed E-state index contributed by atoms with van der Waals surface area (Å²) < 4.78 is 4.57. The van der Waals surface area contributed by atoms with Crippen molar-refractivity contribution in [2.24, 2.45) is 0 Å². The summed E-state index contributed by atoms with van der Waals surface area (Å²) in [7, 11) is 0. The quantitative estimate of drug-likeness (QED) is 0.508. The number of nitrogens with one attached hydrogen (secondary N) is 2. The number of carbonyl (C=O) groups excluding carboxylic acids is 2. The van der Waals surface area contributed by atoms with Crippen molar-refractivity contribution in [3.63, 3.8) is 0 Å². The number of hydrogen-bond donors (Lipinski definition) is 3. The molecule has 1 aromatic carbocycles. The molecule has 0 spiro atoms. The van der Waals surface area contributed by atoms with E-state index in [-0.39, 0.29) is 24.8 Å². The first-order chi connectivity index (χ1) is 11.1. The van der Waals surface area contributed by atoms with Crippen molar-refractivity contribution in [3.05, 3.63) is 47.7 Å². The first-order valence-corrected chi connectivity index (χ1v) is 7.09. The Hall–Kier alpha value is -2.85. The van der Waals surface area contributed by atoms with Gasteiger partial charge < -0.3 is 15.2 Å². The number of nitriles is 1. The fourth-order valence-corrected chi connectivity index (χ4v) is 1.75. The molecule has 0 aliphatic heterocycles. The van der Waals surface area contributed by atoms with E-state index in [0.29, 0.717) is 6.42 Å². The van der Waals surface area contributed by atoms with Crippen LogP contribution in [0.2, 0.25) is 0 Å². The van der Waals surface area contributed by atoms with Crippen LogP contribution in [0, 0.1) is 11.3 Å². The van der Waals surface area contributed by atoms with Crippen LogP contribution in [0.4, 0.5) is 4.79 Å². The lowest BCUT2D eigenvalue weighted by Crippen LogP contribution is -2.34. The second-order valence-electron chi connectivity index (χ2n) is 4.58. The molecule has 3 N–H and O–H groups in total. The molecule has 0 aliphatic carbocycles. The van der Waals surface area contributed by atoms with E-state index in [9.17, 15) is 14.7 Å². The van der Waals surface area contributed by atoms with E-state index in [0.717, 1.165) is 5.56 Å². The Labute approximate surface area is 134 Å². The number of rotatable bonds is 7. The number of aliphatic hydroxyl groups excluding tert-OH is 1. The van der Waals surface area contributed by atoms with Crippen LogP contribution < -0.4 is 10.6 Å². The molecule has 0 saturated heterocycles. The van der Waals surface area contributed by atoms with Gasteiger partial charge in [-0.05, 0) is 18.9 Å². The second kappa shape index (κ2) is 9.97. The van der Waals surface area contributed by atoms with E-state index in [2.05, 4.69) is 10.1 Å². The van der Waals surface area contributed by atoms with Crippen molar-refractivity contribution >= 4 is 12.0 Å². The van der Waals surface area contributed by atoms with Gasteiger partial charge in [0.05, 0.1) is 19.3 Å². The van der Waals surface area contributed by atoms with E-state index in [1.54, 1.807) is 13.0 Å². The first-order valence-electron chi connectivity index (χ1n) is 7.09. The largest absolute Gasteiger partial charge is 0.450 e. The fraction of sp³-hybridized carbons (Fsp3) is 0.312. The number of nitrogens with zero attached hydrogens (tertiary/aromatic N) is 1. The highest BCUT2D eigenvalue weighted by molar-refractivity contribution is 6.04. The summed E-state index contributed by atoms with van der Waals surface area (Å²) in [5, 5.41) is 23.1. The zero-order valence-electron chi connectivity index (χ0n) is 12.8. The van der Waals surface area contributed by atoms with Crippen molar-refractivity contribution < 1.29 is 19.4 Å². The number of aliphatic hydroxyl groups is 1. The summed E-state index contributed by atoms with van der Waals surface area (Å²) in [6.45, 7) is 1.54. The Bertz CT molecular complexity index is 593. The number of hydrogen-bond acceptors (Lipinski definition) is 6. The minimum atomic E-state index is -0.915. The van der Waals surface area contributed by atoms with Crippen LogP contribution in [0.15, 0.2) is 42.1 Å². The van der Waals surface area contributed by atoms with Gasteiger partial charge in [0.1, 0.15) is 11.6 Å². The predicted molar refractivity (Wildman–Crippen MR) is 83.0 cm³/mol. The van der Waals surface area contributed by atoms with Gasteiger partial charge in [-0.1, -0.05) is 30.3 Å². The Kier molecular flexibility index (Phi) is 7.89. The van der Waals surface area contributed by atoms with Gasteiger partial charge in [-0.3, -0.25) is 10.1 Å². The number of amides is 2. The summed E-state index contributed by atoms with van der Waals surface area (Å²) in [5.74, 6) is -0.866. The van der Waals surface area contributed by atoms with E-state index in [4.69, 9.17) is 5.26 Å². The molecule has 1 atom stereocenters. The van der Waals surface area contributed by atoms with Gasteiger partial charge in [-0.15, -0.1) is 0 Å². The molecular formula is C16H19N3O4. The number of imide groups is 1. The number of carbonyl (C=O) groups is 2. The van der Waals surface area contributed by atoms with Gasteiger partial charge in [0, 0.05) is 6.20 Å². The summed E-state index contributed by atoms with van der Waals surface area (Å²) >= 11 is 0. The van der Waals surface area contributed by atoms with E-state index in [1.165, 1.54) is 6.20 Å². The van der Waals surface area contributed by atoms with Crippen LogP contribution in [0.25, 0.3) is 0 Å². The highest BCUT2D eigenvalue weighted by atomic mass is 16.5. The maximum absolute atomic E-state index is 11.7. The third-order valence-electron chi connectivity index (χ3n) is 2.86. The lowest BCUT2D eigenvalue weighted by Gasteiger charge is -2.15. The normalized spacial score (nSPS) is 12.0. The standard InChI is InChI=1S/C16H19N3O4/c1-2-23-16(22)19-15(21)13(9-17)10-18-14(11-20)8-12-6-4-3-5-7-12/h3-7,10,14,18,20H,2,8,11H2,1H3,(H,19,21,22)/b13-10+/t14-/m0/s1. The summed E-state index contributed by atoms with van der Waals surface area (Å²) in [6, 6.07) is 10.8. The first kappa shape index (κ1) is 18.2. The lowest BCUT2D eigenvalue weighted by molar-refractivity contribution is -0.116. The van der Waals surface area contributed by atoms with E-state index < -0.39 is 12.0 Å². The van der Waals surface area contributed by atoms with Gasteiger partial charge in [0.25, 0.3) is 5.91 Å². The summed E-state index contributed by atoms with van der Waals surface area (Å²) in [6.07, 6.45) is 0.784. The lowest BCUT2D eigenvalue weighted by atomic mass is 10.1. The predicted octanol–water partition coefficient (Wildman–Crippen LogP) is 0.860. The molecule has 0 heterocycles. The molecule has 0 fully saturated rings. The SMILES string of the molecule is CCOC(=O)NC(=O)/C(C#N)=C/N[C@H](CO)Cc1ccccc1. The molecule has 2 amide bonds. The number of alkyl carbamates (subject to hydrolysis) is 1. The van der Waals surface area contributed by atoms with Crippen LogP contribution >= 0.6 is 0 Å². The zero-order chi connectivity index (χ0) is 17.1. The maximum Gasteiger partial charge on any atom is 0.414 e. The second-order valence-corrected chi connectivity index (χ2v) is 4.58. The Balaban J connectivity index is 2.64. The molecule has 23 heavy (non-hydrogen) atoms. The van der Waals surface area contributed by atoms with Gasteiger partial charge in [-0.25, -0.2) is 4.79 Å². The van der Waals surface area contributed by atoms with Crippen molar-refractivity contribution in [1.82, 2.24) is 10.6 Å². The Morgan fingerprint density at radius 1 is 1.39 bits per heavy atom. The molecule has 0 bridgehead atoms. The molecule has 1 aromatic rings. The molecule has 0 aliphatic rings. The van der Waals surface area contributed by atoms with Crippen molar-refractivity contribution in [2.45, 2.75) is 19.4 Å². The molecular weight excluding hydrogens is 298 g/mol. The minimum Gasteiger partial charge on any atom is -0.450 e. The van der Waals surface area contributed by atoms with Crippen molar-refractivity contribution in [1.29, 1.82) is 5.26 Å². The minimum absolute atomic E-state index is 0.118. The molecule has 122 valence electrons. The van der Waals surface area contributed by atoms with Gasteiger partial charge >= 0.3 is 6.09 Å². The summed E-state index contributed by atoms with van der Waals surface area (Å²) in [5.41, 5.74) is 0.714. The molecule has 7 heteroatoms. The van der Waals surface area contributed by atoms with Gasteiger partial charge in [0.2, 0.25) is 0 Å². The molecule has 0 radical (unpaired) electrons. The van der Waals surface area contributed by atoms with E-state index in [1.807, 2.05) is 35.6 Å². The fourth-order valence-electron chi connectivity index (χ4n) is 1.75. The third kappa shape index (κ3) is 6.63. The van der Waals surface area contributed by atoms with Gasteiger partial charge in [0.15, 0.2) is 0 Å². The van der Waals surface area contributed by atoms with E-state index >= 15 is 0 Å². The number of benzene rings is 1. The van der Waals surface area contributed by atoms with Crippen LogP contribution in [-0.2, 0) is 16.0 Å². The maximum atomic E-state index is 11.7. The van der Waals surface area contributed by atoms with Crippen LogP contribution in [0.5, 0.6) is 0 Å². The van der Waals surface area contributed by atoms with Crippen molar-refractivity contribution in [2.75, 3.05) is 13.2 Å². The molecule has 1 rings (SSSR count).